The van der Waals surface area contributed by atoms with Crippen molar-refractivity contribution in [1.29, 1.82) is 0 Å². The number of aliphatic imine (C=N–C) groups is 1. The number of nitrogens with zero attached hydrogens (tertiary/aromatic N) is 4. The number of halogens is 1. The van der Waals surface area contributed by atoms with Crippen molar-refractivity contribution < 1.29 is 0 Å². The van der Waals surface area contributed by atoms with E-state index in [2.05, 4.69) is 42.6 Å². The zero-order chi connectivity index (χ0) is 14.5. The smallest absolute Gasteiger partial charge is 0.191 e. The Labute approximate surface area is 149 Å². The fourth-order valence-corrected chi connectivity index (χ4v) is 2.64. The van der Waals surface area contributed by atoms with Gasteiger partial charge < -0.3 is 10.6 Å². The van der Waals surface area contributed by atoms with Crippen molar-refractivity contribution in [2.45, 2.75) is 13.1 Å². The number of thiophene rings is 1. The van der Waals surface area contributed by atoms with Gasteiger partial charge in [-0.25, -0.2) is 0 Å². The molecular formula is C14H17IN6S. The summed E-state index contributed by atoms with van der Waals surface area (Å²) in [6.07, 6.45) is 1.95. The minimum Gasteiger partial charge on any atom is -0.352 e. The lowest BCUT2D eigenvalue weighted by Gasteiger charge is -2.10. The number of hydrogen-bond acceptors (Lipinski definition) is 4. The van der Waals surface area contributed by atoms with E-state index in [4.69, 9.17) is 0 Å². The molecule has 3 aromatic rings. The van der Waals surface area contributed by atoms with Crippen LogP contribution in [0.4, 0.5) is 0 Å². The van der Waals surface area contributed by atoms with Gasteiger partial charge in [-0.1, -0.05) is 6.07 Å². The number of hydrogen-bond donors (Lipinski definition) is 2. The van der Waals surface area contributed by atoms with E-state index in [1.54, 1.807) is 18.4 Å². The van der Waals surface area contributed by atoms with Crippen molar-refractivity contribution in [2.24, 2.45) is 4.99 Å². The fraction of sp³-hybridized carbons (Fsp3) is 0.214. The molecule has 3 heterocycles. The van der Waals surface area contributed by atoms with Gasteiger partial charge in [-0.05, 0) is 34.5 Å². The lowest BCUT2D eigenvalue weighted by atomic mass is 10.3. The lowest BCUT2D eigenvalue weighted by Crippen LogP contribution is -2.36. The predicted octanol–water partition coefficient (Wildman–Crippen LogP) is 2.27. The third-order valence-corrected chi connectivity index (χ3v) is 3.79. The van der Waals surface area contributed by atoms with E-state index >= 15 is 0 Å². The molecule has 0 amide bonds. The lowest BCUT2D eigenvalue weighted by molar-refractivity contribution is 0.763. The summed E-state index contributed by atoms with van der Waals surface area (Å²) in [7, 11) is 1.75. The van der Waals surface area contributed by atoms with Crippen LogP contribution in [-0.4, -0.2) is 27.6 Å². The van der Waals surface area contributed by atoms with E-state index in [0.717, 1.165) is 24.0 Å². The molecule has 0 saturated heterocycles. The maximum atomic E-state index is 4.21. The summed E-state index contributed by atoms with van der Waals surface area (Å²) in [4.78, 5) is 4.21. The second-order valence-corrected chi connectivity index (χ2v) is 5.24. The van der Waals surface area contributed by atoms with E-state index in [0.29, 0.717) is 6.54 Å². The van der Waals surface area contributed by atoms with Crippen molar-refractivity contribution in [2.75, 3.05) is 7.05 Å². The molecule has 0 unspecified atom stereocenters. The minimum atomic E-state index is 0. The molecule has 0 fully saturated rings. The first-order valence-electron chi connectivity index (χ1n) is 6.61. The van der Waals surface area contributed by atoms with Gasteiger partial charge in [0, 0.05) is 19.8 Å². The van der Waals surface area contributed by atoms with Crippen LogP contribution >= 0.6 is 35.3 Å². The SMILES string of the molecule is CN=C(NCc1ccsc1)NCc1nnc2ccccn12.I. The third-order valence-electron chi connectivity index (χ3n) is 3.06. The molecule has 0 aliphatic heterocycles. The Morgan fingerprint density at radius 3 is 2.86 bits per heavy atom. The number of aromatic nitrogens is 3. The van der Waals surface area contributed by atoms with Crippen LogP contribution < -0.4 is 10.6 Å². The van der Waals surface area contributed by atoms with E-state index in [9.17, 15) is 0 Å². The number of pyridine rings is 1. The van der Waals surface area contributed by atoms with Crippen molar-refractivity contribution in [1.82, 2.24) is 25.2 Å². The molecule has 3 aromatic heterocycles. The van der Waals surface area contributed by atoms with Crippen LogP contribution in [0.15, 0.2) is 46.2 Å². The highest BCUT2D eigenvalue weighted by molar-refractivity contribution is 14.0. The van der Waals surface area contributed by atoms with Gasteiger partial charge in [0.25, 0.3) is 0 Å². The van der Waals surface area contributed by atoms with Crippen LogP contribution in [0, 0.1) is 0 Å². The summed E-state index contributed by atoms with van der Waals surface area (Å²) in [6, 6.07) is 7.93. The van der Waals surface area contributed by atoms with Crippen molar-refractivity contribution in [3.8, 4) is 0 Å². The Bertz CT molecular complexity index is 737. The molecule has 0 bridgehead atoms. The Kier molecular flexibility index (Phi) is 6.13. The molecule has 0 saturated carbocycles. The average Bonchev–Trinajstić information content (AvgIpc) is 3.17. The molecule has 8 heteroatoms. The number of fused-ring (bicyclic) bond motifs is 1. The molecule has 3 rings (SSSR count). The van der Waals surface area contributed by atoms with E-state index < -0.39 is 0 Å². The molecule has 0 spiro atoms. The maximum Gasteiger partial charge on any atom is 0.191 e. The van der Waals surface area contributed by atoms with Gasteiger partial charge >= 0.3 is 0 Å². The molecule has 6 nitrogen and oxygen atoms in total. The summed E-state index contributed by atoms with van der Waals surface area (Å²) < 4.78 is 1.96. The maximum absolute atomic E-state index is 4.21. The molecule has 0 aromatic carbocycles. The zero-order valence-electron chi connectivity index (χ0n) is 12.1. The monoisotopic (exact) mass is 428 g/mol. The Balaban J connectivity index is 0.00000176. The molecule has 0 aliphatic rings. The molecule has 0 aliphatic carbocycles. The standard InChI is InChI=1S/C14H16N6S.HI/c1-15-14(16-8-11-5-7-21-10-11)17-9-13-19-18-12-4-2-3-6-20(12)13;/h2-7,10H,8-9H2,1H3,(H2,15,16,17);1H. The van der Waals surface area contributed by atoms with Crippen LogP contribution in [0.25, 0.3) is 5.65 Å². The predicted molar refractivity (Wildman–Crippen MR) is 99.8 cm³/mol. The second kappa shape index (κ2) is 8.08. The van der Waals surface area contributed by atoms with E-state index in [1.807, 2.05) is 28.8 Å². The zero-order valence-corrected chi connectivity index (χ0v) is 15.2. The summed E-state index contributed by atoms with van der Waals surface area (Å²) in [6.45, 7) is 1.32. The number of nitrogens with one attached hydrogen (secondary N) is 2. The molecule has 0 radical (unpaired) electrons. The fourth-order valence-electron chi connectivity index (χ4n) is 1.97. The second-order valence-electron chi connectivity index (χ2n) is 4.46. The van der Waals surface area contributed by atoms with Crippen LogP contribution in [0.3, 0.4) is 0 Å². The third kappa shape index (κ3) is 3.95. The first kappa shape index (κ1) is 16.7. The highest BCUT2D eigenvalue weighted by Gasteiger charge is 2.05. The van der Waals surface area contributed by atoms with Crippen LogP contribution in [0.5, 0.6) is 0 Å². The highest BCUT2D eigenvalue weighted by Crippen LogP contribution is 2.05. The Morgan fingerprint density at radius 2 is 2.09 bits per heavy atom. The average molecular weight is 428 g/mol. The topological polar surface area (TPSA) is 66.6 Å². The summed E-state index contributed by atoms with van der Waals surface area (Å²) in [5, 5.41) is 19.0. The van der Waals surface area contributed by atoms with Gasteiger partial charge in [0.2, 0.25) is 0 Å². The van der Waals surface area contributed by atoms with Gasteiger partial charge in [-0.2, -0.15) is 11.3 Å². The highest BCUT2D eigenvalue weighted by atomic mass is 127. The minimum absolute atomic E-state index is 0. The van der Waals surface area contributed by atoms with Crippen molar-refractivity contribution >= 4 is 46.9 Å². The number of guanidine groups is 1. The first-order valence-corrected chi connectivity index (χ1v) is 7.55. The molecule has 0 atom stereocenters. The van der Waals surface area contributed by atoms with Gasteiger partial charge in [-0.3, -0.25) is 9.39 Å². The largest absolute Gasteiger partial charge is 0.352 e. The summed E-state index contributed by atoms with van der Waals surface area (Å²) >= 11 is 1.69. The van der Waals surface area contributed by atoms with E-state index in [1.165, 1.54) is 5.56 Å². The van der Waals surface area contributed by atoms with Gasteiger partial charge in [0.1, 0.15) is 0 Å². The first-order chi connectivity index (χ1) is 10.4. The molecule has 2 N–H and O–H groups in total. The normalized spacial score (nSPS) is 11.2. The molecule has 116 valence electrons. The van der Waals surface area contributed by atoms with Gasteiger partial charge in [0.05, 0.1) is 6.54 Å². The Morgan fingerprint density at radius 1 is 1.23 bits per heavy atom. The Hall–Kier alpha value is -1.68. The molecular weight excluding hydrogens is 411 g/mol. The van der Waals surface area contributed by atoms with Gasteiger partial charge in [0.15, 0.2) is 17.4 Å². The molecule has 22 heavy (non-hydrogen) atoms. The number of rotatable bonds is 4. The van der Waals surface area contributed by atoms with Gasteiger partial charge in [-0.15, -0.1) is 34.2 Å². The summed E-state index contributed by atoms with van der Waals surface area (Å²) in [5.41, 5.74) is 2.09. The van der Waals surface area contributed by atoms with Crippen LogP contribution in [-0.2, 0) is 13.1 Å². The van der Waals surface area contributed by atoms with Crippen molar-refractivity contribution in [3.63, 3.8) is 0 Å². The van der Waals surface area contributed by atoms with Crippen molar-refractivity contribution in [3.05, 3.63) is 52.6 Å². The van der Waals surface area contributed by atoms with Crippen LogP contribution in [0.1, 0.15) is 11.4 Å². The quantitative estimate of drug-likeness (QED) is 0.380. The summed E-state index contributed by atoms with van der Waals surface area (Å²) in [5.74, 6) is 1.60. The van der Waals surface area contributed by atoms with Crippen LogP contribution in [0.2, 0.25) is 0 Å². The van der Waals surface area contributed by atoms with E-state index in [-0.39, 0.29) is 24.0 Å².